The first kappa shape index (κ1) is 12.4. The van der Waals surface area contributed by atoms with Gasteiger partial charge in [-0.25, -0.2) is 0 Å². The van der Waals surface area contributed by atoms with E-state index in [0.717, 1.165) is 5.56 Å². The molecule has 2 unspecified atom stereocenters. The number of nitrogens with two attached hydrogens (primary N) is 1. The van der Waals surface area contributed by atoms with Crippen LogP contribution in [0.1, 0.15) is 12.0 Å². The molecule has 1 aromatic rings. The number of carboxylic acid groups (broad SMARTS) is 1. The molecule has 5 heteroatoms. The number of aliphatic carboxylic acids is 1. The van der Waals surface area contributed by atoms with E-state index in [0.29, 0.717) is 12.2 Å². The predicted molar refractivity (Wildman–Crippen MR) is 64.4 cm³/mol. The average molecular weight is 249 g/mol. The van der Waals surface area contributed by atoms with Gasteiger partial charge in [0.25, 0.3) is 0 Å². The lowest BCUT2D eigenvalue weighted by molar-refractivity contribution is -0.137. The third kappa shape index (κ3) is 3.24. The van der Waals surface area contributed by atoms with Gasteiger partial charge in [0.2, 0.25) is 6.29 Å². The van der Waals surface area contributed by atoms with E-state index in [1.807, 2.05) is 30.3 Å². The summed E-state index contributed by atoms with van der Waals surface area (Å²) in [4.78, 5) is 10.5. The number of rotatable bonds is 5. The summed E-state index contributed by atoms with van der Waals surface area (Å²) in [6.45, 7) is 0. The lowest BCUT2D eigenvalue weighted by Gasteiger charge is -2.14. The Morgan fingerprint density at radius 2 is 2.11 bits per heavy atom. The summed E-state index contributed by atoms with van der Waals surface area (Å²) < 4.78 is 10.8. The number of hydrogen-bond acceptors (Lipinski definition) is 4. The number of benzene rings is 1. The maximum absolute atomic E-state index is 10.5. The summed E-state index contributed by atoms with van der Waals surface area (Å²) in [6.07, 6.45) is 1.40. The Balaban J connectivity index is 1.86. The molecule has 0 amide bonds. The second-order valence-electron chi connectivity index (χ2n) is 4.10. The highest BCUT2D eigenvalue weighted by molar-refractivity contribution is 5.68. The van der Waals surface area contributed by atoms with E-state index in [1.165, 1.54) is 6.26 Å². The molecule has 3 N–H and O–H groups in total. The first-order valence-electron chi connectivity index (χ1n) is 5.68. The van der Waals surface area contributed by atoms with Crippen molar-refractivity contribution in [2.24, 2.45) is 5.73 Å². The number of carbonyl (C=O) groups is 1. The molecule has 5 nitrogen and oxygen atoms in total. The van der Waals surface area contributed by atoms with Crippen molar-refractivity contribution >= 4 is 5.97 Å². The third-order valence-electron chi connectivity index (χ3n) is 2.61. The standard InChI is InChI=1S/C13H15NO4/c14-10(7-12(15)16)11-8-17-13(18-11)6-9-4-2-1-3-5-9/h1-5,8,10,13H,6-7,14H2,(H,15,16). The van der Waals surface area contributed by atoms with Crippen molar-refractivity contribution in [1.29, 1.82) is 0 Å². The molecule has 0 bridgehead atoms. The van der Waals surface area contributed by atoms with Gasteiger partial charge in [0.15, 0.2) is 5.76 Å². The molecule has 1 heterocycles. The number of carboxylic acids is 1. The molecule has 1 aliphatic heterocycles. The fourth-order valence-corrected chi connectivity index (χ4v) is 1.71. The van der Waals surface area contributed by atoms with Gasteiger partial charge in [-0.15, -0.1) is 0 Å². The summed E-state index contributed by atoms with van der Waals surface area (Å²) in [5, 5.41) is 8.64. The molecule has 0 saturated carbocycles. The van der Waals surface area contributed by atoms with Crippen molar-refractivity contribution in [3.05, 3.63) is 47.9 Å². The first-order valence-corrected chi connectivity index (χ1v) is 5.68. The second-order valence-corrected chi connectivity index (χ2v) is 4.10. The Hall–Kier alpha value is -2.01. The summed E-state index contributed by atoms with van der Waals surface area (Å²) in [7, 11) is 0. The van der Waals surface area contributed by atoms with Crippen LogP contribution in [-0.2, 0) is 20.7 Å². The molecular weight excluding hydrogens is 234 g/mol. The fourth-order valence-electron chi connectivity index (χ4n) is 1.71. The zero-order chi connectivity index (χ0) is 13.0. The number of ether oxygens (including phenoxy) is 2. The van der Waals surface area contributed by atoms with Crippen LogP contribution in [0.15, 0.2) is 42.4 Å². The summed E-state index contributed by atoms with van der Waals surface area (Å²) >= 11 is 0. The van der Waals surface area contributed by atoms with Crippen LogP contribution in [0.5, 0.6) is 0 Å². The van der Waals surface area contributed by atoms with Crippen LogP contribution in [0.3, 0.4) is 0 Å². The van der Waals surface area contributed by atoms with Gasteiger partial charge in [0.1, 0.15) is 6.26 Å². The zero-order valence-corrected chi connectivity index (χ0v) is 9.78. The molecule has 0 radical (unpaired) electrons. The summed E-state index contributed by atoms with van der Waals surface area (Å²) in [5.74, 6) is -0.572. The fraction of sp³-hybridized carbons (Fsp3) is 0.308. The molecule has 18 heavy (non-hydrogen) atoms. The SMILES string of the molecule is NC(CC(=O)O)C1=COC(Cc2ccccc2)O1. The molecular formula is C13H15NO4. The van der Waals surface area contributed by atoms with Crippen LogP contribution in [0.25, 0.3) is 0 Å². The minimum absolute atomic E-state index is 0.173. The Bertz CT molecular complexity index is 444. The van der Waals surface area contributed by atoms with E-state index in [9.17, 15) is 4.79 Å². The monoisotopic (exact) mass is 249 g/mol. The summed E-state index contributed by atoms with van der Waals surface area (Å²) in [5.41, 5.74) is 6.77. The molecule has 1 aromatic carbocycles. The van der Waals surface area contributed by atoms with Gasteiger partial charge in [-0.2, -0.15) is 0 Å². The van der Waals surface area contributed by atoms with Gasteiger partial charge in [0.05, 0.1) is 12.5 Å². The average Bonchev–Trinajstić information content (AvgIpc) is 2.78. The molecule has 2 rings (SSSR count). The van der Waals surface area contributed by atoms with E-state index in [2.05, 4.69) is 0 Å². The van der Waals surface area contributed by atoms with Crippen molar-refractivity contribution in [2.75, 3.05) is 0 Å². The Morgan fingerprint density at radius 1 is 1.39 bits per heavy atom. The minimum Gasteiger partial charge on any atom is -0.481 e. The van der Waals surface area contributed by atoms with Crippen LogP contribution >= 0.6 is 0 Å². The van der Waals surface area contributed by atoms with Gasteiger partial charge in [-0.05, 0) is 5.56 Å². The molecule has 0 aromatic heterocycles. The van der Waals surface area contributed by atoms with Gasteiger partial charge >= 0.3 is 5.97 Å². The van der Waals surface area contributed by atoms with Crippen LogP contribution in [0, 0.1) is 0 Å². The molecule has 96 valence electrons. The lowest BCUT2D eigenvalue weighted by atomic mass is 10.1. The molecule has 1 aliphatic rings. The maximum Gasteiger partial charge on any atom is 0.305 e. The Morgan fingerprint density at radius 3 is 2.78 bits per heavy atom. The van der Waals surface area contributed by atoms with Gasteiger partial charge in [-0.3, -0.25) is 4.79 Å². The van der Waals surface area contributed by atoms with Gasteiger partial charge in [0, 0.05) is 6.42 Å². The van der Waals surface area contributed by atoms with Crippen LogP contribution in [0.4, 0.5) is 0 Å². The molecule has 0 fully saturated rings. The van der Waals surface area contributed by atoms with Crippen LogP contribution in [0.2, 0.25) is 0 Å². The zero-order valence-electron chi connectivity index (χ0n) is 9.78. The van der Waals surface area contributed by atoms with Crippen molar-refractivity contribution in [1.82, 2.24) is 0 Å². The van der Waals surface area contributed by atoms with Gasteiger partial charge < -0.3 is 20.3 Å². The minimum atomic E-state index is -0.960. The first-order chi connectivity index (χ1) is 8.65. The highest BCUT2D eigenvalue weighted by Gasteiger charge is 2.25. The molecule has 0 spiro atoms. The van der Waals surface area contributed by atoms with E-state index >= 15 is 0 Å². The highest BCUT2D eigenvalue weighted by Crippen LogP contribution is 2.21. The quantitative estimate of drug-likeness (QED) is 0.820. The molecule has 0 saturated heterocycles. The Labute approximate surface area is 105 Å². The van der Waals surface area contributed by atoms with E-state index in [4.69, 9.17) is 20.3 Å². The molecule has 0 aliphatic carbocycles. The molecule has 2 atom stereocenters. The van der Waals surface area contributed by atoms with Crippen LogP contribution in [-0.4, -0.2) is 23.4 Å². The van der Waals surface area contributed by atoms with E-state index in [-0.39, 0.29) is 6.42 Å². The topological polar surface area (TPSA) is 81.8 Å². The van der Waals surface area contributed by atoms with Crippen molar-refractivity contribution in [2.45, 2.75) is 25.2 Å². The van der Waals surface area contributed by atoms with Crippen LogP contribution < -0.4 is 5.73 Å². The van der Waals surface area contributed by atoms with Crippen molar-refractivity contribution < 1.29 is 19.4 Å². The van der Waals surface area contributed by atoms with E-state index < -0.39 is 18.3 Å². The summed E-state index contributed by atoms with van der Waals surface area (Å²) in [6, 6.07) is 9.10. The smallest absolute Gasteiger partial charge is 0.305 e. The number of hydrogen-bond donors (Lipinski definition) is 2. The third-order valence-corrected chi connectivity index (χ3v) is 2.61. The van der Waals surface area contributed by atoms with Gasteiger partial charge in [-0.1, -0.05) is 30.3 Å². The second kappa shape index (κ2) is 5.55. The maximum atomic E-state index is 10.5. The predicted octanol–water partition coefficient (Wildman–Crippen LogP) is 1.25. The highest BCUT2D eigenvalue weighted by atomic mass is 16.7. The lowest BCUT2D eigenvalue weighted by Crippen LogP contribution is -2.27. The normalized spacial score (nSPS) is 19.6. The van der Waals surface area contributed by atoms with Crippen molar-refractivity contribution in [3.63, 3.8) is 0 Å². The largest absolute Gasteiger partial charge is 0.481 e. The van der Waals surface area contributed by atoms with Crippen molar-refractivity contribution in [3.8, 4) is 0 Å². The van der Waals surface area contributed by atoms with E-state index in [1.54, 1.807) is 0 Å². The Kier molecular flexibility index (Phi) is 3.84.